The molecule has 5 rings (SSSR count). The lowest BCUT2D eigenvalue weighted by atomic mass is 9.63. The van der Waals surface area contributed by atoms with Gasteiger partial charge in [-0.1, -0.05) is 73.9 Å². The van der Waals surface area contributed by atoms with Crippen LogP contribution in [0.5, 0.6) is 0 Å². The van der Waals surface area contributed by atoms with Gasteiger partial charge in [-0.15, -0.1) is 0 Å². The van der Waals surface area contributed by atoms with E-state index in [9.17, 15) is 14.7 Å². The highest BCUT2D eigenvalue weighted by Crippen LogP contribution is 2.46. The number of amides is 2. The number of rotatable bonds is 6. The molecule has 2 saturated carbocycles. The first kappa shape index (κ1) is 32.2. The van der Waals surface area contributed by atoms with Crippen molar-refractivity contribution in [1.82, 2.24) is 9.88 Å². The van der Waals surface area contributed by atoms with Crippen LogP contribution >= 0.6 is 0 Å². The predicted molar refractivity (Wildman–Crippen MR) is 171 cm³/mol. The average molecular weight is 587 g/mol. The fourth-order valence-corrected chi connectivity index (χ4v) is 6.52. The van der Waals surface area contributed by atoms with E-state index in [4.69, 9.17) is 10.5 Å². The average Bonchev–Trinajstić information content (AvgIpc) is 2.97. The Kier molecular flexibility index (Phi) is 10.2. The molecule has 2 aliphatic carbocycles. The van der Waals surface area contributed by atoms with Crippen LogP contribution in [-0.2, 0) is 15.1 Å². The molecule has 0 saturated heterocycles. The molecular weight excluding hydrogens is 540 g/mol. The van der Waals surface area contributed by atoms with Crippen LogP contribution in [0.4, 0.5) is 10.5 Å². The van der Waals surface area contributed by atoms with Crippen LogP contribution in [-0.4, -0.2) is 51.8 Å². The van der Waals surface area contributed by atoms with Crippen LogP contribution in [0, 0.1) is 0 Å². The summed E-state index contributed by atoms with van der Waals surface area (Å²) < 4.78 is 4.81. The number of carbonyl (C=O) groups is 2. The van der Waals surface area contributed by atoms with Gasteiger partial charge in [0.2, 0.25) is 5.91 Å². The molecule has 2 aromatic carbocycles. The summed E-state index contributed by atoms with van der Waals surface area (Å²) in [5.74, 6) is -0.132. The van der Waals surface area contributed by atoms with Crippen molar-refractivity contribution in [3.05, 3.63) is 72.4 Å². The molecule has 0 unspecified atom stereocenters. The van der Waals surface area contributed by atoms with Crippen LogP contribution in [0.3, 0.4) is 0 Å². The van der Waals surface area contributed by atoms with Crippen molar-refractivity contribution in [2.24, 2.45) is 5.73 Å². The van der Waals surface area contributed by atoms with Gasteiger partial charge in [0.05, 0.1) is 30.3 Å². The molecule has 2 aliphatic rings. The van der Waals surface area contributed by atoms with Crippen LogP contribution in [0.25, 0.3) is 22.4 Å². The summed E-state index contributed by atoms with van der Waals surface area (Å²) in [6.45, 7) is 7.39. The monoisotopic (exact) mass is 586 g/mol. The van der Waals surface area contributed by atoms with Crippen molar-refractivity contribution in [2.45, 2.75) is 95.9 Å². The van der Waals surface area contributed by atoms with Crippen LogP contribution in [0.15, 0.2) is 66.9 Å². The van der Waals surface area contributed by atoms with Crippen molar-refractivity contribution in [3.8, 4) is 22.4 Å². The molecule has 0 spiro atoms. The van der Waals surface area contributed by atoms with Crippen LogP contribution in [0.1, 0.15) is 78.2 Å². The zero-order valence-electron chi connectivity index (χ0n) is 26.1. The summed E-state index contributed by atoms with van der Waals surface area (Å²) in [5, 5.41) is 12.9. The number of nitrogens with zero attached hydrogens (tertiary/aromatic N) is 2. The number of benzene rings is 2. The summed E-state index contributed by atoms with van der Waals surface area (Å²) in [4.78, 5) is 29.5. The Morgan fingerprint density at radius 2 is 1.65 bits per heavy atom. The van der Waals surface area contributed by atoms with E-state index in [-0.39, 0.29) is 18.0 Å². The minimum absolute atomic E-state index is 0.132. The molecule has 8 heteroatoms. The molecule has 0 radical (unpaired) electrons. The first-order valence-corrected chi connectivity index (χ1v) is 15.2. The summed E-state index contributed by atoms with van der Waals surface area (Å²) >= 11 is 0. The Labute approximate surface area is 255 Å². The van der Waals surface area contributed by atoms with Gasteiger partial charge in [-0.3, -0.25) is 9.78 Å². The number of pyridine rings is 1. The smallest absolute Gasteiger partial charge is 0.409 e. The fourth-order valence-electron chi connectivity index (χ4n) is 6.52. The van der Waals surface area contributed by atoms with Gasteiger partial charge in [-0.2, -0.15) is 0 Å². The van der Waals surface area contributed by atoms with Gasteiger partial charge in [0.15, 0.2) is 0 Å². The molecule has 43 heavy (non-hydrogen) atoms. The maximum atomic E-state index is 11.6. The van der Waals surface area contributed by atoms with Crippen molar-refractivity contribution in [3.63, 3.8) is 0 Å². The normalized spacial score (nSPS) is 21.7. The van der Waals surface area contributed by atoms with Gasteiger partial charge in [-0.25, -0.2) is 4.79 Å². The predicted octanol–water partition coefficient (Wildman–Crippen LogP) is 6.87. The van der Waals surface area contributed by atoms with Gasteiger partial charge >= 0.3 is 6.09 Å². The molecule has 3 aromatic rings. The van der Waals surface area contributed by atoms with Crippen LogP contribution < -0.4 is 11.1 Å². The standard InChI is InChI=1S/C24H25N3O2.C11H21NO2/c1-16(28)27-20-12-21(17-6-4-3-5-7-17)22(26-13-20)18-8-10-19(11-9-18)24(25)14-23(2,29)15-24;1-9(2)12(11(13)14-3)10-7-5-4-6-8-10/h3-13,29H,14-15,25H2,1-2H3,(H,27,28);9-10H,4-8H2,1-3H3. The highest BCUT2D eigenvalue weighted by atomic mass is 16.5. The van der Waals surface area contributed by atoms with Gasteiger partial charge in [0, 0.05) is 35.7 Å². The van der Waals surface area contributed by atoms with Gasteiger partial charge < -0.3 is 25.8 Å². The number of nitrogens with two attached hydrogens (primary N) is 1. The third-order valence-electron chi connectivity index (χ3n) is 8.33. The molecule has 0 atom stereocenters. The van der Waals surface area contributed by atoms with Crippen molar-refractivity contribution >= 4 is 17.7 Å². The molecule has 0 bridgehead atoms. The number of methoxy groups -OCH3 is 1. The van der Waals surface area contributed by atoms with Gasteiger partial charge in [0.25, 0.3) is 0 Å². The number of nitrogens with one attached hydrogen (secondary N) is 1. The van der Waals surface area contributed by atoms with Gasteiger partial charge in [0.1, 0.15) is 0 Å². The minimum atomic E-state index is -0.686. The first-order chi connectivity index (χ1) is 20.4. The molecule has 1 heterocycles. The number of aromatic nitrogens is 1. The number of carbonyl (C=O) groups excluding carboxylic acids is 2. The molecule has 2 amide bonds. The van der Waals surface area contributed by atoms with E-state index in [1.54, 1.807) is 6.20 Å². The summed E-state index contributed by atoms with van der Waals surface area (Å²) in [6.07, 6.45) is 8.66. The number of hydrogen-bond donors (Lipinski definition) is 3. The Balaban J connectivity index is 0.000000255. The van der Waals surface area contributed by atoms with Crippen molar-refractivity contribution in [2.75, 3.05) is 12.4 Å². The number of ether oxygens (including phenoxy) is 1. The van der Waals surface area contributed by atoms with Crippen molar-refractivity contribution in [1.29, 1.82) is 0 Å². The zero-order chi connectivity index (χ0) is 31.2. The summed E-state index contributed by atoms with van der Waals surface area (Å²) in [7, 11) is 1.46. The zero-order valence-corrected chi connectivity index (χ0v) is 26.1. The summed E-state index contributed by atoms with van der Waals surface area (Å²) in [6, 6.07) is 20.6. The highest BCUT2D eigenvalue weighted by Gasteiger charge is 2.49. The van der Waals surface area contributed by atoms with Crippen LogP contribution in [0.2, 0.25) is 0 Å². The topological polar surface area (TPSA) is 118 Å². The lowest BCUT2D eigenvalue weighted by molar-refractivity contribution is -0.114. The minimum Gasteiger partial charge on any atom is -0.453 e. The Morgan fingerprint density at radius 3 is 2.19 bits per heavy atom. The molecule has 1 aromatic heterocycles. The molecule has 230 valence electrons. The summed E-state index contributed by atoms with van der Waals surface area (Å²) in [5.41, 5.74) is 10.7. The van der Waals surface area contributed by atoms with E-state index in [1.807, 2.05) is 86.3 Å². The van der Waals surface area contributed by atoms with E-state index >= 15 is 0 Å². The second-order valence-electron chi connectivity index (χ2n) is 12.5. The SMILES string of the molecule is CC(=O)Nc1cnc(-c2ccc(C3(N)CC(C)(O)C3)cc2)c(-c2ccccc2)c1.COC(=O)N(C(C)C)C1CCCCC1. The Morgan fingerprint density at radius 1 is 1.02 bits per heavy atom. The number of anilines is 1. The number of hydrogen-bond acceptors (Lipinski definition) is 6. The largest absolute Gasteiger partial charge is 0.453 e. The highest BCUT2D eigenvalue weighted by molar-refractivity contribution is 5.91. The second kappa shape index (κ2) is 13.7. The van der Waals surface area contributed by atoms with E-state index in [0.717, 1.165) is 40.8 Å². The lowest BCUT2D eigenvalue weighted by Gasteiger charge is -2.49. The molecule has 2 fully saturated rings. The first-order valence-electron chi connectivity index (χ1n) is 15.2. The maximum absolute atomic E-state index is 11.6. The van der Waals surface area contributed by atoms with E-state index in [1.165, 1.54) is 33.3 Å². The van der Waals surface area contributed by atoms with E-state index in [0.29, 0.717) is 24.6 Å². The second-order valence-corrected chi connectivity index (χ2v) is 12.5. The van der Waals surface area contributed by atoms with E-state index < -0.39 is 11.1 Å². The van der Waals surface area contributed by atoms with Gasteiger partial charge in [-0.05, 0) is 63.6 Å². The number of aliphatic hydroxyl groups is 1. The third kappa shape index (κ3) is 8.00. The van der Waals surface area contributed by atoms with Crippen molar-refractivity contribution < 1.29 is 19.4 Å². The molecule has 4 N–H and O–H groups in total. The molecule has 0 aliphatic heterocycles. The fraction of sp³-hybridized carbons (Fsp3) is 0.457. The molecular formula is C35H46N4O4. The lowest BCUT2D eigenvalue weighted by Crippen LogP contribution is -2.58. The Hall–Kier alpha value is -3.75. The quantitative estimate of drug-likeness (QED) is 0.290. The van der Waals surface area contributed by atoms with E-state index in [2.05, 4.69) is 10.3 Å². The third-order valence-corrected chi connectivity index (χ3v) is 8.33. The molecule has 8 nitrogen and oxygen atoms in total. The Bertz CT molecular complexity index is 1370. The maximum Gasteiger partial charge on any atom is 0.409 e.